The fourth-order valence-corrected chi connectivity index (χ4v) is 4.41. The molecule has 1 heterocycles. The molecule has 1 aliphatic heterocycles. The highest BCUT2D eigenvalue weighted by molar-refractivity contribution is 5.87. The first-order valence-corrected chi connectivity index (χ1v) is 15.1. The summed E-state index contributed by atoms with van der Waals surface area (Å²) in [5.74, 6) is 1.75. The van der Waals surface area contributed by atoms with Crippen LogP contribution in [0.1, 0.15) is 50.7 Å². The summed E-state index contributed by atoms with van der Waals surface area (Å²) in [6.45, 7) is 5.11. The predicted octanol–water partition coefficient (Wildman–Crippen LogP) is 3.68. The van der Waals surface area contributed by atoms with Gasteiger partial charge in [0.05, 0.1) is 34.0 Å². The Morgan fingerprint density at radius 1 is 0.818 bits per heavy atom. The molecule has 1 aliphatic rings. The smallest absolute Gasteiger partial charge is 0.330 e. The van der Waals surface area contributed by atoms with E-state index in [9.17, 15) is 20.1 Å². The normalized spacial score (nSPS) is 21.7. The predicted molar refractivity (Wildman–Crippen MR) is 163 cm³/mol. The van der Waals surface area contributed by atoms with E-state index >= 15 is 0 Å². The number of unbranched alkanes of at least 4 members (excludes halogenated alkanes) is 2. The van der Waals surface area contributed by atoms with Crippen LogP contribution in [0.2, 0.25) is 0 Å². The van der Waals surface area contributed by atoms with E-state index in [1.54, 1.807) is 32.4 Å². The lowest BCUT2D eigenvalue weighted by atomic mass is 9.99. The topological polar surface area (TPSA) is 142 Å². The second-order valence-electron chi connectivity index (χ2n) is 10.4. The highest BCUT2D eigenvalue weighted by Gasteiger charge is 2.44. The number of aliphatic hydroxyl groups excluding tert-OH is 3. The number of methoxy groups -OCH3 is 2. The molecule has 244 valence electrons. The number of aliphatic hydroxyl groups is 3. The van der Waals surface area contributed by atoms with Crippen LogP contribution in [0.3, 0.4) is 0 Å². The number of ether oxygens (including phenoxy) is 7. The maximum atomic E-state index is 12.5. The molecular formula is C33H46O11. The monoisotopic (exact) mass is 618 g/mol. The third-order valence-corrected chi connectivity index (χ3v) is 7.07. The second kappa shape index (κ2) is 18.5. The fraction of sp³-hybridized carbons (Fsp3) is 0.545. The molecule has 5 atom stereocenters. The lowest BCUT2D eigenvalue weighted by Crippen LogP contribution is -2.59. The molecule has 0 radical (unpaired) electrons. The average Bonchev–Trinajstić information content (AvgIpc) is 3.04. The molecule has 1 fully saturated rings. The van der Waals surface area contributed by atoms with Crippen molar-refractivity contribution >= 4 is 12.0 Å². The first-order chi connectivity index (χ1) is 21.3. The minimum atomic E-state index is -1.56. The van der Waals surface area contributed by atoms with E-state index in [1.807, 2.05) is 24.3 Å². The summed E-state index contributed by atoms with van der Waals surface area (Å²) >= 11 is 0. The quantitative estimate of drug-likeness (QED) is 0.128. The molecule has 0 aliphatic carbocycles. The second-order valence-corrected chi connectivity index (χ2v) is 10.4. The lowest BCUT2D eigenvalue weighted by Gasteiger charge is -2.39. The molecule has 2 aromatic carbocycles. The average molecular weight is 619 g/mol. The van der Waals surface area contributed by atoms with Gasteiger partial charge in [-0.05, 0) is 60.7 Å². The third-order valence-electron chi connectivity index (χ3n) is 7.07. The Bertz CT molecular complexity index is 1180. The largest absolute Gasteiger partial charge is 0.493 e. The summed E-state index contributed by atoms with van der Waals surface area (Å²) in [4.78, 5) is 12.5. The van der Waals surface area contributed by atoms with Crippen molar-refractivity contribution in [1.29, 1.82) is 0 Å². The van der Waals surface area contributed by atoms with Gasteiger partial charge in [0, 0.05) is 6.08 Å². The number of carbonyl (C=O) groups excluding carboxylic acids is 1. The molecule has 11 nitrogen and oxygen atoms in total. The van der Waals surface area contributed by atoms with Crippen molar-refractivity contribution in [1.82, 2.24) is 0 Å². The van der Waals surface area contributed by atoms with Gasteiger partial charge >= 0.3 is 5.97 Å². The summed E-state index contributed by atoms with van der Waals surface area (Å²) in [5, 5.41) is 31.2. The molecule has 1 saturated heterocycles. The number of hydrogen-bond donors (Lipinski definition) is 3. The van der Waals surface area contributed by atoms with Crippen molar-refractivity contribution in [2.24, 2.45) is 0 Å². The van der Waals surface area contributed by atoms with Crippen LogP contribution in [-0.4, -0.2) is 92.6 Å². The molecule has 11 heteroatoms. The molecular weight excluding hydrogens is 572 g/mol. The zero-order valence-electron chi connectivity index (χ0n) is 26.0. The Morgan fingerprint density at radius 3 is 2.18 bits per heavy atom. The number of carbonyl (C=O) groups is 1. The molecule has 5 unspecified atom stereocenters. The molecule has 0 saturated carbocycles. The van der Waals surface area contributed by atoms with Crippen LogP contribution in [0.5, 0.6) is 23.0 Å². The van der Waals surface area contributed by atoms with Crippen LogP contribution < -0.4 is 18.9 Å². The van der Waals surface area contributed by atoms with Crippen molar-refractivity contribution in [2.75, 3.05) is 40.6 Å². The van der Waals surface area contributed by atoms with Crippen molar-refractivity contribution in [2.45, 2.75) is 76.7 Å². The minimum absolute atomic E-state index is 0.141. The Labute approximate surface area is 259 Å². The van der Waals surface area contributed by atoms with E-state index in [0.29, 0.717) is 48.2 Å². The number of hydrogen-bond acceptors (Lipinski definition) is 11. The van der Waals surface area contributed by atoms with Crippen LogP contribution in [0.4, 0.5) is 0 Å². The SMILES string of the molecule is CCCCOc1ccc(/C=C/C(=O)OCC2OC(OCCc3ccc(OC)c(OC)c3)C(O)C(O)C2O)cc1OCCCC. The molecule has 2 aromatic rings. The van der Waals surface area contributed by atoms with Gasteiger partial charge < -0.3 is 48.5 Å². The van der Waals surface area contributed by atoms with Gasteiger partial charge in [-0.1, -0.05) is 38.8 Å². The van der Waals surface area contributed by atoms with Crippen LogP contribution in [0.15, 0.2) is 42.5 Å². The van der Waals surface area contributed by atoms with Crippen molar-refractivity contribution in [3.63, 3.8) is 0 Å². The van der Waals surface area contributed by atoms with Crippen molar-refractivity contribution < 1.29 is 53.3 Å². The highest BCUT2D eigenvalue weighted by atomic mass is 16.7. The molecule has 3 rings (SSSR count). The maximum absolute atomic E-state index is 12.5. The van der Waals surface area contributed by atoms with Crippen LogP contribution >= 0.6 is 0 Å². The third kappa shape index (κ3) is 10.4. The molecule has 0 bridgehead atoms. The number of benzene rings is 2. The Hall–Kier alpha value is -3.35. The summed E-state index contributed by atoms with van der Waals surface area (Å²) in [6.07, 6.45) is 0.250. The standard InChI is InChI=1S/C33H46O11/c1-5-7-16-40-25-13-10-22(20-27(25)41-17-8-6-2)11-14-29(34)43-21-28-30(35)31(36)32(37)33(44-28)42-18-15-23-9-12-24(38-3)26(19-23)39-4/h9-14,19-20,28,30-33,35-37H,5-8,15-18,21H2,1-4H3/b14-11+. The van der Waals surface area contributed by atoms with Crippen molar-refractivity contribution in [3.8, 4) is 23.0 Å². The van der Waals surface area contributed by atoms with E-state index < -0.39 is 36.7 Å². The lowest BCUT2D eigenvalue weighted by molar-refractivity contribution is -0.301. The Morgan fingerprint density at radius 2 is 1.50 bits per heavy atom. The molecule has 0 aromatic heterocycles. The molecule has 0 spiro atoms. The zero-order valence-corrected chi connectivity index (χ0v) is 26.0. The van der Waals surface area contributed by atoms with E-state index in [4.69, 9.17) is 33.2 Å². The van der Waals surface area contributed by atoms with E-state index in [-0.39, 0.29) is 13.2 Å². The van der Waals surface area contributed by atoms with Gasteiger partial charge in [-0.2, -0.15) is 0 Å². The van der Waals surface area contributed by atoms with Crippen LogP contribution in [-0.2, 0) is 25.4 Å². The van der Waals surface area contributed by atoms with E-state index in [2.05, 4.69) is 13.8 Å². The van der Waals surface area contributed by atoms with Gasteiger partial charge in [0.1, 0.15) is 31.0 Å². The summed E-state index contributed by atoms with van der Waals surface area (Å²) in [5.41, 5.74) is 1.61. The summed E-state index contributed by atoms with van der Waals surface area (Å²) in [6, 6.07) is 10.9. The van der Waals surface area contributed by atoms with Gasteiger partial charge in [-0.15, -0.1) is 0 Å². The molecule has 44 heavy (non-hydrogen) atoms. The van der Waals surface area contributed by atoms with Gasteiger partial charge in [0.25, 0.3) is 0 Å². The fourth-order valence-electron chi connectivity index (χ4n) is 4.41. The van der Waals surface area contributed by atoms with Crippen LogP contribution in [0, 0.1) is 0 Å². The van der Waals surface area contributed by atoms with Gasteiger partial charge in [0.2, 0.25) is 0 Å². The van der Waals surface area contributed by atoms with E-state index in [1.165, 1.54) is 6.08 Å². The van der Waals surface area contributed by atoms with Gasteiger partial charge in [0.15, 0.2) is 29.3 Å². The number of esters is 1. The van der Waals surface area contributed by atoms with Crippen molar-refractivity contribution in [3.05, 3.63) is 53.6 Å². The highest BCUT2D eigenvalue weighted by Crippen LogP contribution is 2.30. The van der Waals surface area contributed by atoms with Gasteiger partial charge in [-0.25, -0.2) is 4.79 Å². The molecule has 3 N–H and O–H groups in total. The maximum Gasteiger partial charge on any atom is 0.330 e. The van der Waals surface area contributed by atoms with E-state index in [0.717, 1.165) is 31.2 Å². The van der Waals surface area contributed by atoms with Gasteiger partial charge in [-0.3, -0.25) is 0 Å². The first kappa shape index (κ1) is 35.1. The molecule has 0 amide bonds. The number of rotatable bonds is 18. The zero-order chi connectivity index (χ0) is 31.9. The first-order valence-electron chi connectivity index (χ1n) is 15.1. The summed E-state index contributed by atoms with van der Waals surface area (Å²) in [7, 11) is 3.10. The minimum Gasteiger partial charge on any atom is -0.493 e. The Kier molecular flexibility index (Phi) is 14.7. The van der Waals surface area contributed by atoms with Crippen LogP contribution in [0.25, 0.3) is 6.08 Å². The Balaban J connectivity index is 1.54. The summed E-state index contributed by atoms with van der Waals surface area (Å²) < 4.78 is 39.0.